The van der Waals surface area contributed by atoms with Gasteiger partial charge in [-0.2, -0.15) is 55.7 Å². The lowest BCUT2D eigenvalue weighted by atomic mass is 9.80. The molecular weight excluding hydrogens is 1950 g/mol. The Morgan fingerprint density at radius 3 is 1.24 bits per heavy atom. The van der Waals surface area contributed by atoms with E-state index in [-0.39, 0.29) is 95.3 Å². The predicted molar refractivity (Wildman–Crippen MR) is 565 cm³/mol. The van der Waals surface area contributed by atoms with E-state index in [1.54, 1.807) is 121 Å². The summed E-state index contributed by atoms with van der Waals surface area (Å²) in [5, 5.41) is 72.8. The molecule has 0 radical (unpaired) electrons. The van der Waals surface area contributed by atoms with Gasteiger partial charge in [0.25, 0.3) is 20.4 Å². The third-order valence-corrected chi connectivity index (χ3v) is 27.0. The molecule has 0 bridgehead atoms. The number of ether oxygens (including phenoxy) is 8. The molecular formula is C99H138ClN27O18P2. The zero-order valence-electron chi connectivity index (χ0n) is 86.3. The summed E-state index contributed by atoms with van der Waals surface area (Å²) in [6, 6.07) is 41.6. The lowest BCUT2D eigenvalue weighted by molar-refractivity contribution is -0.179. The SMILES string of the molecule is C.CC(C)N(C(C)C)P(Cl)OCCC#N.CN(C)C=Nc1nc(N=CN(C)C)c2c(-c3ccco3)nn(C3CC(O)C(CO)O3)c2n1.COC(OC)N(C)C.COc1ccc(C(OCC2OC(n3nc(-c4ccco4)c4c(N=CN(C)C)nc(N=CN(C)C)nc43)CC2OP(OCCC#N)N(C(C)C)C(C)C)(c2ccccc2)c2ccc(OC)cc2)cc1.Nc1nc(N)c2c(-c3ccco3)nn(C3CC(O)C(CO)O3)c2n1. The van der Waals surface area contributed by atoms with E-state index in [4.69, 9.17) is 118 Å². The molecule has 15 rings (SSSR count). The van der Waals surface area contributed by atoms with E-state index in [0.29, 0.717) is 122 Å². The average molecular weight is 2090 g/mol. The highest BCUT2D eigenvalue weighted by atomic mass is 35.7. The third kappa shape index (κ3) is 29.9. The molecule has 3 fully saturated rings. The molecule has 0 saturated carbocycles. The Morgan fingerprint density at radius 2 is 0.884 bits per heavy atom. The topological polar surface area (TPSA) is 524 Å². The molecule has 0 spiro atoms. The molecule has 11 unspecified atom stereocenters. The zero-order chi connectivity index (χ0) is 106. The fraction of sp³-hybridized carbons (Fsp3) is 0.485. The lowest BCUT2D eigenvalue weighted by Crippen LogP contribution is -2.39. The van der Waals surface area contributed by atoms with Crippen LogP contribution in [0.4, 0.5) is 35.3 Å². The standard InChI is InChI=1S/C50H61N10O7P.C20H26N8O4.C14H16N6O4.C9H18ClN2OP.C5H13NO2.CH4/c1-34(2)60(35(3)4)68(65-29-15-27-51)67-42-30-44(59-48-45(46(56-59)41-18-14-28-63-41)47(52-32-57(5)6)54-49(55-48)53-33-58(7)8)66-43(42)31-64-50(36-16-12-11-13-17-36,37-19-23-39(61-9)24-20-37)38-21-25-40(62-10)26-22-38;1-26(2)10-21-18-16-17(13-6-5-7-31-13)25-28(15-8-12(30)14(9-29)32-15)19(16)24-20(23-18)22-11-27(3)4;15-12-10-11(7-2-1-3-23-7)19-20(13(10)18-14(16)17-12)9-4-6(22)8(5-21)24-9;1-8(2)12(9(3)4)14(10)13-7-5-6-11;1-6(2)5(7-3)8-4;/h11-14,16-26,28,32-35,42-44H,15,29-31H2,1-10H3;5-7,10-12,14-15,29-30H,8-9H2,1-4H3;1-3,6,8-9,21-22H,4-5H2,(H4,15,16,17,18);8-9H,5,7H2,1-4H3;5H,1-4H3;1H4. The van der Waals surface area contributed by atoms with Gasteiger partial charge in [-0.25, -0.2) is 43.4 Å². The van der Waals surface area contributed by atoms with Gasteiger partial charge in [0.1, 0.15) is 58.3 Å². The van der Waals surface area contributed by atoms with E-state index in [1.165, 1.54) is 10.9 Å². The van der Waals surface area contributed by atoms with Crippen molar-refractivity contribution in [2.75, 3.05) is 143 Å². The van der Waals surface area contributed by atoms with Crippen LogP contribution in [0.25, 0.3) is 67.5 Å². The van der Waals surface area contributed by atoms with Crippen LogP contribution in [0.3, 0.4) is 0 Å². The smallest absolute Gasteiger partial charge is 0.259 e. The number of nitrogens with zero attached hydrogens (tertiary/aromatic N) is 25. The van der Waals surface area contributed by atoms with Crippen molar-refractivity contribution >= 4 is 121 Å². The number of fused-ring (bicyclic) bond motifs is 3. The molecule has 147 heavy (non-hydrogen) atoms. The van der Waals surface area contributed by atoms with E-state index in [2.05, 4.69) is 123 Å². The number of anilines is 2. The average Bonchev–Trinajstić information content (AvgIpc) is 1.67. The number of nitrogen functional groups attached to an aromatic ring is 2. The minimum absolute atomic E-state index is 0. The number of aliphatic imine (C=N–C) groups is 4. The number of aliphatic hydroxyl groups excluding tert-OH is 4. The van der Waals surface area contributed by atoms with Crippen molar-refractivity contribution in [3.63, 3.8) is 0 Å². The van der Waals surface area contributed by atoms with Crippen LogP contribution in [0.2, 0.25) is 0 Å². The van der Waals surface area contributed by atoms with E-state index >= 15 is 0 Å². The molecule has 0 amide bonds. The van der Waals surface area contributed by atoms with Gasteiger partial charge >= 0.3 is 0 Å². The summed E-state index contributed by atoms with van der Waals surface area (Å²) >= 11 is 6.13. The molecule has 9 aromatic heterocycles. The Bertz CT molecular complexity index is 6180. The molecule has 48 heteroatoms. The molecule has 45 nitrogen and oxygen atoms in total. The number of halogens is 1. The van der Waals surface area contributed by atoms with Crippen LogP contribution in [0, 0.1) is 22.7 Å². The highest BCUT2D eigenvalue weighted by Gasteiger charge is 2.47. The van der Waals surface area contributed by atoms with Crippen LogP contribution in [-0.4, -0.2) is 338 Å². The van der Waals surface area contributed by atoms with Gasteiger partial charge in [-0.1, -0.05) is 62.0 Å². The van der Waals surface area contributed by atoms with Crippen LogP contribution in [-0.2, 0) is 47.6 Å². The van der Waals surface area contributed by atoms with E-state index in [0.717, 1.165) is 16.7 Å². The molecule has 0 aliphatic carbocycles. The Morgan fingerprint density at radius 1 is 0.497 bits per heavy atom. The fourth-order valence-electron chi connectivity index (χ4n) is 16.0. The highest BCUT2D eigenvalue weighted by molar-refractivity contribution is 7.78. The van der Waals surface area contributed by atoms with Crippen molar-refractivity contribution in [2.24, 2.45) is 20.0 Å². The molecule has 11 atom stereocenters. The Labute approximate surface area is 863 Å². The van der Waals surface area contributed by atoms with Crippen molar-refractivity contribution in [3.05, 3.63) is 151 Å². The van der Waals surface area contributed by atoms with E-state index < -0.39 is 77.1 Å². The summed E-state index contributed by atoms with van der Waals surface area (Å²) in [5.41, 5.74) is 15.8. The first-order chi connectivity index (χ1) is 70.0. The predicted octanol–water partition coefficient (Wildman–Crippen LogP) is 14.8. The monoisotopic (exact) mass is 2090 g/mol. The van der Waals surface area contributed by atoms with Gasteiger partial charge in [0, 0.05) is 114 Å². The normalized spacial score (nSPS) is 18.3. The largest absolute Gasteiger partial charge is 0.497 e. The van der Waals surface area contributed by atoms with Crippen LogP contribution >= 0.6 is 27.4 Å². The molecule has 8 N–H and O–H groups in total. The van der Waals surface area contributed by atoms with Gasteiger partial charge in [-0.05, 0) is 158 Å². The first-order valence-electron chi connectivity index (χ1n) is 47.1. The number of nitriles is 2. The minimum atomic E-state index is -1.71. The van der Waals surface area contributed by atoms with Crippen LogP contribution in [0.5, 0.6) is 11.5 Å². The van der Waals surface area contributed by atoms with E-state index in [1.807, 2.05) is 159 Å². The molecule has 3 saturated heterocycles. The maximum Gasteiger partial charge on any atom is 0.259 e. The van der Waals surface area contributed by atoms with Crippen LogP contribution in [0.15, 0.2) is 167 Å². The first-order valence-corrected chi connectivity index (χ1v) is 50.4. The van der Waals surface area contributed by atoms with Crippen LogP contribution in [0.1, 0.15) is 130 Å². The van der Waals surface area contributed by atoms with Gasteiger partial charge < -0.3 is 116 Å². The summed E-state index contributed by atoms with van der Waals surface area (Å²) in [4.78, 5) is 54.3. The molecule has 12 aromatic rings. The third-order valence-electron chi connectivity index (χ3n) is 22.3. The second-order valence-electron chi connectivity index (χ2n) is 35.8. The quantitative estimate of drug-likeness (QED) is 0.00517. The van der Waals surface area contributed by atoms with Gasteiger partial charge in [0.15, 0.2) is 64.5 Å². The second-order valence-corrected chi connectivity index (χ2v) is 39.2. The van der Waals surface area contributed by atoms with Gasteiger partial charge in [0.05, 0.1) is 151 Å². The van der Waals surface area contributed by atoms with Crippen molar-refractivity contribution < 1.29 is 85.1 Å². The summed E-state index contributed by atoms with van der Waals surface area (Å²) in [7, 11) is 22.4. The van der Waals surface area contributed by atoms with Gasteiger partial charge in [-0.15, -0.1) is 0 Å². The zero-order valence-corrected chi connectivity index (χ0v) is 88.8. The lowest BCUT2D eigenvalue weighted by Gasteiger charge is -2.39. The number of hydrogen-bond acceptors (Lipinski definition) is 38. The summed E-state index contributed by atoms with van der Waals surface area (Å²) in [6.45, 7) is 16.9. The maximum atomic E-state index is 10.2. The first kappa shape index (κ1) is 117. The fourth-order valence-corrected chi connectivity index (χ4v) is 20.1. The number of rotatable bonds is 41. The molecule has 3 aliphatic heterocycles. The second kappa shape index (κ2) is 55.7. The molecule has 794 valence electrons. The number of furan rings is 3. The number of hydrogen-bond donors (Lipinski definition) is 6. The number of aromatic nitrogens is 12. The molecule has 12 heterocycles. The van der Waals surface area contributed by atoms with Gasteiger partial charge in [0.2, 0.25) is 20.0 Å². The maximum absolute atomic E-state index is 10.2. The van der Waals surface area contributed by atoms with Crippen LogP contribution < -0.4 is 20.9 Å². The summed E-state index contributed by atoms with van der Waals surface area (Å²) < 4.78 is 92.3. The van der Waals surface area contributed by atoms with Gasteiger partial charge in [-0.3, -0.25) is 4.90 Å². The van der Waals surface area contributed by atoms with Crippen molar-refractivity contribution in [1.82, 2.24) is 93.1 Å². The minimum Gasteiger partial charge on any atom is -0.497 e. The summed E-state index contributed by atoms with van der Waals surface area (Å²) in [5.74, 6) is 4.20. The number of aliphatic hydroxyl groups is 4. The Hall–Kier alpha value is -12.3. The Balaban J connectivity index is 0.000000228. The Kier molecular flexibility index (Phi) is 44.2. The molecule has 3 aliphatic rings. The van der Waals surface area contributed by atoms with Crippen molar-refractivity contribution in [1.29, 1.82) is 10.5 Å². The van der Waals surface area contributed by atoms with E-state index in [9.17, 15) is 25.7 Å². The number of methoxy groups -OCH3 is 4. The van der Waals surface area contributed by atoms with Crippen molar-refractivity contribution in [3.8, 4) is 58.0 Å². The highest BCUT2D eigenvalue weighted by Crippen LogP contribution is 2.53. The summed E-state index contributed by atoms with van der Waals surface area (Å²) in [6.07, 6.45) is 6.06. The number of benzene rings is 3. The molecule has 3 aromatic carbocycles. The van der Waals surface area contributed by atoms with Crippen molar-refractivity contribution in [2.45, 2.75) is 186 Å². The number of nitrogens with two attached hydrogens (primary N) is 2.